The molecule has 2 aliphatic heterocycles. The summed E-state index contributed by atoms with van der Waals surface area (Å²) in [5.41, 5.74) is 5.06. The Bertz CT molecular complexity index is 1340. The van der Waals surface area contributed by atoms with Gasteiger partial charge in [-0.3, -0.25) is 5.41 Å². The summed E-state index contributed by atoms with van der Waals surface area (Å²) in [6.07, 6.45) is 2.77. The van der Waals surface area contributed by atoms with Crippen molar-refractivity contribution in [1.29, 1.82) is 10.7 Å². The first-order valence-corrected chi connectivity index (χ1v) is 11.1. The van der Waals surface area contributed by atoms with Crippen LogP contribution >= 0.6 is 0 Å². The highest BCUT2D eigenvalue weighted by atomic mass is 16.7. The second-order valence-corrected chi connectivity index (χ2v) is 8.11. The van der Waals surface area contributed by atoms with Gasteiger partial charge in [0.25, 0.3) is 0 Å². The Balaban J connectivity index is 1.64. The molecular formula is C26H25N3O4. The SMILES string of the molecule is CCCCOc1ccc(-c2cc3n(c(=N)c2C#N)CCc2cc4c(cc2-3)OCO4)cc1OC. The molecule has 0 fully saturated rings. The largest absolute Gasteiger partial charge is 0.493 e. The molecule has 3 aromatic rings. The van der Waals surface area contributed by atoms with Crippen LogP contribution in [0.15, 0.2) is 36.4 Å². The standard InChI is InChI=1S/C26H25N3O4/c1-3-4-9-31-22-6-5-16(10-23(22)30-2)18-12-21-19-13-25-24(32-15-33-25)11-17(19)7-8-29(21)26(28)20(18)14-27/h5-6,10-13,28H,3-4,7-9,15H2,1-2H3. The zero-order valence-electron chi connectivity index (χ0n) is 18.7. The molecule has 1 aromatic heterocycles. The molecule has 0 amide bonds. The van der Waals surface area contributed by atoms with Crippen LogP contribution in [0.1, 0.15) is 30.9 Å². The molecule has 0 unspecified atom stereocenters. The number of nitriles is 1. The number of ether oxygens (including phenoxy) is 4. The Morgan fingerprint density at radius 2 is 1.91 bits per heavy atom. The molecule has 3 heterocycles. The number of methoxy groups -OCH3 is 1. The fourth-order valence-electron chi connectivity index (χ4n) is 4.41. The molecule has 168 valence electrons. The summed E-state index contributed by atoms with van der Waals surface area (Å²) in [5.74, 6) is 2.73. The monoisotopic (exact) mass is 443 g/mol. The van der Waals surface area contributed by atoms with Gasteiger partial charge >= 0.3 is 0 Å². The minimum Gasteiger partial charge on any atom is -0.493 e. The van der Waals surface area contributed by atoms with Gasteiger partial charge < -0.3 is 23.5 Å². The zero-order valence-corrected chi connectivity index (χ0v) is 18.7. The molecule has 33 heavy (non-hydrogen) atoms. The van der Waals surface area contributed by atoms with Crippen molar-refractivity contribution in [1.82, 2.24) is 4.57 Å². The average Bonchev–Trinajstić information content (AvgIpc) is 3.30. The molecule has 0 saturated heterocycles. The van der Waals surface area contributed by atoms with E-state index >= 15 is 0 Å². The molecule has 7 nitrogen and oxygen atoms in total. The number of aromatic nitrogens is 1. The third kappa shape index (κ3) is 3.58. The second-order valence-electron chi connectivity index (χ2n) is 8.11. The van der Waals surface area contributed by atoms with Gasteiger partial charge in [0.15, 0.2) is 23.0 Å². The van der Waals surface area contributed by atoms with Crippen LogP contribution in [-0.4, -0.2) is 25.1 Å². The van der Waals surface area contributed by atoms with E-state index in [2.05, 4.69) is 13.0 Å². The van der Waals surface area contributed by atoms with Crippen molar-refractivity contribution in [2.24, 2.45) is 0 Å². The molecule has 0 bridgehead atoms. The van der Waals surface area contributed by atoms with E-state index in [4.69, 9.17) is 24.4 Å². The van der Waals surface area contributed by atoms with E-state index in [-0.39, 0.29) is 12.3 Å². The Morgan fingerprint density at radius 3 is 2.67 bits per heavy atom. The highest BCUT2D eigenvalue weighted by Crippen LogP contribution is 2.42. The molecule has 0 aliphatic carbocycles. The maximum Gasteiger partial charge on any atom is 0.231 e. The zero-order chi connectivity index (χ0) is 22.9. The van der Waals surface area contributed by atoms with Crippen molar-refractivity contribution in [3.63, 3.8) is 0 Å². The summed E-state index contributed by atoms with van der Waals surface area (Å²) >= 11 is 0. The van der Waals surface area contributed by atoms with Gasteiger partial charge in [-0.05, 0) is 54.3 Å². The van der Waals surface area contributed by atoms with Crippen molar-refractivity contribution in [2.45, 2.75) is 32.7 Å². The van der Waals surface area contributed by atoms with Gasteiger partial charge in [0.05, 0.1) is 19.4 Å². The molecule has 7 heteroatoms. The van der Waals surface area contributed by atoms with Crippen LogP contribution in [0.4, 0.5) is 0 Å². The molecule has 1 N–H and O–H groups in total. The van der Waals surface area contributed by atoms with Crippen LogP contribution in [0.25, 0.3) is 22.4 Å². The quantitative estimate of drug-likeness (QED) is 0.561. The van der Waals surface area contributed by atoms with Crippen molar-refractivity contribution in [2.75, 3.05) is 20.5 Å². The highest BCUT2D eigenvalue weighted by Gasteiger charge is 2.25. The number of aryl methyl sites for hydroxylation is 1. The molecule has 2 aliphatic rings. The summed E-state index contributed by atoms with van der Waals surface area (Å²) in [6.45, 7) is 3.58. The molecule has 0 atom stereocenters. The van der Waals surface area contributed by atoms with E-state index in [0.29, 0.717) is 41.5 Å². The molecule has 0 radical (unpaired) electrons. The predicted molar refractivity (Wildman–Crippen MR) is 123 cm³/mol. The molecular weight excluding hydrogens is 418 g/mol. The number of rotatable bonds is 6. The number of hydrogen-bond donors (Lipinski definition) is 1. The van der Waals surface area contributed by atoms with Crippen molar-refractivity contribution < 1.29 is 18.9 Å². The van der Waals surface area contributed by atoms with Crippen molar-refractivity contribution in [3.05, 3.63) is 53.0 Å². The summed E-state index contributed by atoms with van der Waals surface area (Å²) < 4.78 is 24.5. The summed E-state index contributed by atoms with van der Waals surface area (Å²) in [5, 5.41) is 18.7. The van der Waals surface area contributed by atoms with Gasteiger partial charge in [0.1, 0.15) is 17.1 Å². The van der Waals surface area contributed by atoms with Crippen LogP contribution < -0.4 is 24.4 Å². The van der Waals surface area contributed by atoms with Crippen molar-refractivity contribution >= 4 is 0 Å². The Morgan fingerprint density at radius 1 is 1.09 bits per heavy atom. The third-order valence-corrected chi connectivity index (χ3v) is 6.17. The van der Waals surface area contributed by atoms with E-state index in [9.17, 15) is 5.26 Å². The van der Waals surface area contributed by atoms with Gasteiger partial charge in [-0.25, -0.2) is 0 Å². The lowest BCUT2D eigenvalue weighted by Gasteiger charge is -2.24. The Kier molecular flexibility index (Phi) is 5.43. The number of fused-ring (bicyclic) bond motifs is 4. The second kappa shape index (κ2) is 8.55. The van der Waals surface area contributed by atoms with Crippen LogP contribution in [-0.2, 0) is 13.0 Å². The minimum atomic E-state index is 0.204. The lowest BCUT2D eigenvalue weighted by atomic mass is 9.92. The lowest BCUT2D eigenvalue weighted by molar-refractivity contribution is 0.174. The summed E-state index contributed by atoms with van der Waals surface area (Å²) in [4.78, 5) is 0. The first-order valence-electron chi connectivity index (χ1n) is 11.1. The van der Waals surface area contributed by atoms with Crippen LogP contribution in [0.3, 0.4) is 0 Å². The van der Waals surface area contributed by atoms with Crippen LogP contribution in [0.5, 0.6) is 23.0 Å². The normalized spacial score (nSPS) is 13.1. The maximum atomic E-state index is 9.93. The van der Waals surface area contributed by atoms with Gasteiger partial charge in [0.2, 0.25) is 6.79 Å². The minimum absolute atomic E-state index is 0.204. The van der Waals surface area contributed by atoms with Gasteiger partial charge in [-0.15, -0.1) is 0 Å². The summed E-state index contributed by atoms with van der Waals surface area (Å²) in [7, 11) is 1.61. The Hall–Kier alpha value is -3.92. The number of pyridine rings is 1. The Labute approximate surface area is 192 Å². The first kappa shape index (κ1) is 21.0. The summed E-state index contributed by atoms with van der Waals surface area (Å²) in [6, 6.07) is 13.9. The van der Waals surface area contributed by atoms with Gasteiger partial charge in [-0.2, -0.15) is 5.26 Å². The highest BCUT2D eigenvalue weighted by molar-refractivity contribution is 5.79. The lowest BCUT2D eigenvalue weighted by Crippen LogP contribution is -2.28. The molecule has 2 aromatic carbocycles. The van der Waals surface area contributed by atoms with E-state index in [0.717, 1.165) is 47.4 Å². The van der Waals surface area contributed by atoms with E-state index in [1.807, 2.05) is 41.0 Å². The number of nitrogens with one attached hydrogen (secondary N) is 1. The predicted octanol–water partition coefficient (Wildman–Crippen LogP) is 4.65. The topological polar surface area (TPSA) is 89.5 Å². The first-order chi connectivity index (χ1) is 16.1. The van der Waals surface area contributed by atoms with Gasteiger partial charge in [-0.1, -0.05) is 19.4 Å². The maximum absolute atomic E-state index is 9.93. The number of unbranched alkanes of at least 4 members (excludes halogenated alkanes) is 1. The third-order valence-electron chi connectivity index (χ3n) is 6.17. The smallest absolute Gasteiger partial charge is 0.231 e. The van der Waals surface area contributed by atoms with Crippen molar-refractivity contribution in [3.8, 4) is 51.5 Å². The number of benzene rings is 2. The van der Waals surface area contributed by atoms with E-state index < -0.39 is 0 Å². The average molecular weight is 444 g/mol. The fraction of sp³-hybridized carbons (Fsp3) is 0.308. The number of hydrogen-bond acceptors (Lipinski definition) is 6. The molecule has 0 saturated carbocycles. The van der Waals surface area contributed by atoms with Crippen LogP contribution in [0.2, 0.25) is 0 Å². The fourth-order valence-corrected chi connectivity index (χ4v) is 4.41. The van der Waals surface area contributed by atoms with E-state index in [1.54, 1.807) is 7.11 Å². The molecule has 0 spiro atoms. The van der Waals surface area contributed by atoms with Gasteiger partial charge in [0, 0.05) is 17.7 Å². The van der Waals surface area contributed by atoms with E-state index in [1.165, 1.54) is 0 Å². The number of nitrogens with zero attached hydrogens (tertiary/aromatic N) is 2. The molecule has 5 rings (SSSR count). The van der Waals surface area contributed by atoms with Crippen LogP contribution in [0, 0.1) is 16.7 Å².